The third kappa shape index (κ3) is 10.8. The fraction of sp³-hybridized carbons (Fsp3) is 0.857. The van der Waals surface area contributed by atoms with Gasteiger partial charge in [0.15, 0.2) is 23.6 Å². The van der Waals surface area contributed by atoms with Gasteiger partial charge < -0.3 is 18.7 Å². The maximum absolute atomic E-state index is 9.70. The van der Waals surface area contributed by atoms with Crippen LogP contribution in [0.1, 0.15) is 20.3 Å². The highest BCUT2D eigenvalue weighted by molar-refractivity contribution is 6.77. The van der Waals surface area contributed by atoms with Gasteiger partial charge in [-0.25, -0.2) is 0 Å². The van der Waals surface area contributed by atoms with Gasteiger partial charge in [0.25, 0.3) is 0 Å². The predicted molar refractivity (Wildman–Crippen MR) is 89.1 cm³/mol. The molecule has 6 heteroatoms. The predicted octanol–water partition coefficient (Wildman–Crippen LogP) is 2.90. The SMILES string of the molecule is C=C(C)COCC(C[Si](C)(C)O[SiH](C)C)OC(O)CC. The lowest BCUT2D eigenvalue weighted by molar-refractivity contribution is -0.146. The minimum atomic E-state index is -1.76. The van der Waals surface area contributed by atoms with Crippen LogP contribution >= 0.6 is 0 Å². The number of aliphatic hydroxyl groups is 1. The Labute approximate surface area is 127 Å². The highest BCUT2D eigenvalue weighted by Gasteiger charge is 2.29. The van der Waals surface area contributed by atoms with Gasteiger partial charge in [0.2, 0.25) is 0 Å². The van der Waals surface area contributed by atoms with Crippen molar-refractivity contribution in [2.75, 3.05) is 13.2 Å². The Hall–Kier alpha value is 0.0138. The van der Waals surface area contributed by atoms with Crippen molar-refractivity contribution in [3.05, 3.63) is 12.2 Å². The molecule has 0 fully saturated rings. The van der Waals surface area contributed by atoms with E-state index in [-0.39, 0.29) is 6.10 Å². The molecule has 0 aromatic heterocycles. The first kappa shape index (κ1) is 20.0. The molecule has 2 unspecified atom stereocenters. The number of ether oxygens (including phenoxy) is 2. The first-order chi connectivity index (χ1) is 9.16. The molecular formula is C14H32O4Si2. The van der Waals surface area contributed by atoms with Crippen molar-refractivity contribution >= 4 is 17.4 Å². The van der Waals surface area contributed by atoms with Gasteiger partial charge in [0, 0.05) is 0 Å². The Morgan fingerprint density at radius 1 is 1.35 bits per heavy atom. The topological polar surface area (TPSA) is 47.9 Å². The molecule has 1 N–H and O–H groups in total. The quantitative estimate of drug-likeness (QED) is 0.361. The molecule has 20 heavy (non-hydrogen) atoms. The molecule has 0 aliphatic heterocycles. The minimum absolute atomic E-state index is 0.112. The van der Waals surface area contributed by atoms with Crippen LogP contribution in [0.4, 0.5) is 0 Å². The summed E-state index contributed by atoms with van der Waals surface area (Å²) in [6, 6.07) is 0.839. The summed E-state index contributed by atoms with van der Waals surface area (Å²) in [6.45, 7) is 17.4. The summed E-state index contributed by atoms with van der Waals surface area (Å²) in [4.78, 5) is 0. The van der Waals surface area contributed by atoms with Crippen LogP contribution in [0.15, 0.2) is 12.2 Å². The summed E-state index contributed by atoms with van der Waals surface area (Å²) in [6.07, 6.45) is -0.257. The summed E-state index contributed by atoms with van der Waals surface area (Å²) in [7, 11) is -2.82. The second-order valence-electron chi connectivity index (χ2n) is 6.22. The molecule has 0 aliphatic carbocycles. The highest BCUT2D eigenvalue weighted by Crippen LogP contribution is 2.19. The molecule has 0 heterocycles. The zero-order valence-electron chi connectivity index (χ0n) is 13.9. The maximum atomic E-state index is 9.70. The molecule has 120 valence electrons. The summed E-state index contributed by atoms with van der Waals surface area (Å²) >= 11 is 0. The van der Waals surface area contributed by atoms with Crippen LogP contribution in [0, 0.1) is 0 Å². The minimum Gasteiger partial charge on any atom is -0.458 e. The van der Waals surface area contributed by atoms with Crippen LogP contribution in [0.2, 0.25) is 32.2 Å². The molecule has 0 amide bonds. The molecule has 0 aromatic carbocycles. The summed E-state index contributed by atoms with van der Waals surface area (Å²) in [5.74, 6) is 0. The molecule has 0 saturated carbocycles. The average molecular weight is 321 g/mol. The fourth-order valence-corrected chi connectivity index (χ4v) is 8.86. The first-order valence-electron chi connectivity index (χ1n) is 7.39. The van der Waals surface area contributed by atoms with E-state index in [1.807, 2.05) is 13.8 Å². The zero-order valence-corrected chi connectivity index (χ0v) is 16.1. The normalized spacial score (nSPS) is 15.4. The fourth-order valence-electron chi connectivity index (χ4n) is 2.06. The smallest absolute Gasteiger partial charge is 0.175 e. The third-order valence-electron chi connectivity index (χ3n) is 2.62. The Morgan fingerprint density at radius 3 is 2.40 bits per heavy atom. The molecule has 2 atom stereocenters. The Bertz CT molecular complexity index is 282. The summed E-state index contributed by atoms with van der Waals surface area (Å²) in [5.41, 5.74) is 0.988. The molecule has 0 aliphatic rings. The lowest BCUT2D eigenvalue weighted by atomic mass is 10.4. The van der Waals surface area contributed by atoms with Crippen LogP contribution in [0.3, 0.4) is 0 Å². The van der Waals surface area contributed by atoms with Crippen LogP contribution in [0.5, 0.6) is 0 Å². The Kier molecular flexibility index (Phi) is 9.87. The van der Waals surface area contributed by atoms with E-state index >= 15 is 0 Å². The monoisotopic (exact) mass is 320 g/mol. The van der Waals surface area contributed by atoms with Gasteiger partial charge in [-0.15, -0.1) is 0 Å². The van der Waals surface area contributed by atoms with Crippen molar-refractivity contribution in [2.45, 2.75) is 64.9 Å². The number of rotatable bonds is 11. The van der Waals surface area contributed by atoms with Gasteiger partial charge in [0.05, 0.1) is 19.3 Å². The van der Waals surface area contributed by atoms with Crippen molar-refractivity contribution in [3.8, 4) is 0 Å². The zero-order chi connectivity index (χ0) is 15.8. The molecular weight excluding hydrogens is 288 g/mol. The van der Waals surface area contributed by atoms with E-state index in [1.54, 1.807) is 0 Å². The van der Waals surface area contributed by atoms with Crippen LogP contribution in [0.25, 0.3) is 0 Å². The second-order valence-corrected chi connectivity index (χ2v) is 13.2. The van der Waals surface area contributed by atoms with E-state index in [4.69, 9.17) is 13.6 Å². The van der Waals surface area contributed by atoms with E-state index in [2.05, 4.69) is 32.8 Å². The molecule has 0 radical (unpaired) electrons. The largest absolute Gasteiger partial charge is 0.458 e. The van der Waals surface area contributed by atoms with Crippen LogP contribution in [-0.4, -0.2) is 48.1 Å². The van der Waals surface area contributed by atoms with E-state index in [1.165, 1.54) is 0 Å². The van der Waals surface area contributed by atoms with E-state index < -0.39 is 23.6 Å². The molecule has 0 spiro atoms. The lowest BCUT2D eigenvalue weighted by Crippen LogP contribution is -2.41. The van der Waals surface area contributed by atoms with Gasteiger partial charge in [-0.1, -0.05) is 19.1 Å². The van der Waals surface area contributed by atoms with Gasteiger partial charge in [-0.05, 0) is 45.6 Å². The van der Waals surface area contributed by atoms with Gasteiger partial charge in [-0.2, -0.15) is 0 Å². The Morgan fingerprint density at radius 2 is 1.95 bits per heavy atom. The molecule has 0 aromatic rings. The Balaban J connectivity index is 4.46. The van der Waals surface area contributed by atoms with E-state index in [0.717, 1.165) is 11.6 Å². The van der Waals surface area contributed by atoms with Gasteiger partial charge >= 0.3 is 0 Å². The van der Waals surface area contributed by atoms with Crippen molar-refractivity contribution in [2.24, 2.45) is 0 Å². The van der Waals surface area contributed by atoms with Crippen molar-refractivity contribution in [1.29, 1.82) is 0 Å². The number of aliphatic hydroxyl groups excluding tert-OH is 1. The van der Waals surface area contributed by atoms with Gasteiger partial charge in [-0.3, -0.25) is 0 Å². The number of hydrogen-bond donors (Lipinski definition) is 1. The van der Waals surface area contributed by atoms with E-state index in [0.29, 0.717) is 19.6 Å². The molecule has 0 bridgehead atoms. The van der Waals surface area contributed by atoms with Gasteiger partial charge in [0.1, 0.15) is 0 Å². The number of hydrogen-bond acceptors (Lipinski definition) is 4. The summed E-state index contributed by atoms with van der Waals surface area (Å²) < 4.78 is 17.4. The van der Waals surface area contributed by atoms with Crippen molar-refractivity contribution < 1.29 is 18.7 Å². The standard InChI is InChI=1S/C14H32O4Si2/c1-8-14(15)17-13(10-16-9-12(2)3)11-20(6,7)18-19(4)5/h13-15,19H,2,8-11H2,1,3-7H3. The molecule has 0 rings (SSSR count). The molecule has 0 saturated heterocycles. The van der Waals surface area contributed by atoms with Crippen molar-refractivity contribution in [1.82, 2.24) is 0 Å². The highest BCUT2D eigenvalue weighted by atomic mass is 28.4. The van der Waals surface area contributed by atoms with Crippen LogP contribution < -0.4 is 0 Å². The first-order valence-corrected chi connectivity index (χ1v) is 13.3. The maximum Gasteiger partial charge on any atom is 0.175 e. The van der Waals surface area contributed by atoms with Crippen molar-refractivity contribution in [3.63, 3.8) is 0 Å². The van der Waals surface area contributed by atoms with E-state index in [9.17, 15) is 5.11 Å². The second kappa shape index (κ2) is 9.86. The third-order valence-corrected chi connectivity index (χ3v) is 8.50. The molecule has 4 nitrogen and oxygen atoms in total. The summed E-state index contributed by atoms with van der Waals surface area (Å²) in [5, 5.41) is 9.70. The van der Waals surface area contributed by atoms with Crippen LogP contribution in [-0.2, 0) is 13.6 Å². The lowest BCUT2D eigenvalue weighted by Gasteiger charge is -2.31. The average Bonchev–Trinajstić information content (AvgIpc) is 2.25.